The van der Waals surface area contributed by atoms with Gasteiger partial charge >= 0.3 is 0 Å². The summed E-state index contributed by atoms with van der Waals surface area (Å²) in [5, 5.41) is 7.45. The molecule has 0 unspecified atom stereocenters. The number of hydrogen-bond acceptors (Lipinski definition) is 3. The number of benzene rings is 1. The standard InChI is InChI=1S/C15H22ClN3OS/c1-15(10-20-11-15)9-19-14(17-2)18-7-8-21-13-5-3-12(16)4-6-13/h3-6H,7-11H2,1-2H3,(H2,17,18,19). The Kier molecular flexibility index (Phi) is 6.21. The smallest absolute Gasteiger partial charge is 0.191 e. The molecule has 0 saturated carbocycles. The summed E-state index contributed by atoms with van der Waals surface area (Å²) in [6.07, 6.45) is 0. The van der Waals surface area contributed by atoms with Crippen LogP contribution in [-0.4, -0.2) is 45.1 Å². The third kappa shape index (κ3) is 5.41. The van der Waals surface area contributed by atoms with E-state index in [2.05, 4.69) is 22.5 Å². The highest BCUT2D eigenvalue weighted by molar-refractivity contribution is 7.99. The molecule has 116 valence electrons. The molecule has 0 bridgehead atoms. The van der Waals surface area contributed by atoms with Gasteiger partial charge in [-0.2, -0.15) is 0 Å². The summed E-state index contributed by atoms with van der Waals surface area (Å²) in [7, 11) is 1.79. The molecule has 0 atom stereocenters. The summed E-state index contributed by atoms with van der Waals surface area (Å²) in [6, 6.07) is 7.91. The highest BCUT2D eigenvalue weighted by Crippen LogP contribution is 2.25. The lowest BCUT2D eigenvalue weighted by atomic mass is 9.89. The van der Waals surface area contributed by atoms with Crippen LogP contribution in [0.1, 0.15) is 6.92 Å². The lowest BCUT2D eigenvalue weighted by molar-refractivity contribution is -0.0971. The summed E-state index contributed by atoms with van der Waals surface area (Å²) in [6.45, 7) is 5.61. The second kappa shape index (κ2) is 7.92. The Morgan fingerprint density at radius 3 is 2.62 bits per heavy atom. The molecule has 4 nitrogen and oxygen atoms in total. The van der Waals surface area contributed by atoms with E-state index in [-0.39, 0.29) is 5.41 Å². The Labute approximate surface area is 135 Å². The minimum Gasteiger partial charge on any atom is -0.380 e. The summed E-state index contributed by atoms with van der Waals surface area (Å²) in [5.74, 6) is 1.82. The van der Waals surface area contributed by atoms with Crippen molar-refractivity contribution < 1.29 is 4.74 Å². The Hall–Kier alpha value is -0.910. The van der Waals surface area contributed by atoms with Crippen molar-refractivity contribution in [3.63, 3.8) is 0 Å². The maximum absolute atomic E-state index is 5.87. The zero-order valence-corrected chi connectivity index (χ0v) is 14.1. The molecule has 0 aliphatic carbocycles. The Bertz CT molecular complexity index is 474. The topological polar surface area (TPSA) is 45.7 Å². The van der Waals surface area contributed by atoms with Gasteiger partial charge in [-0.25, -0.2) is 0 Å². The van der Waals surface area contributed by atoms with Gasteiger partial charge in [0.15, 0.2) is 5.96 Å². The molecule has 1 aromatic carbocycles. The van der Waals surface area contributed by atoms with Crippen molar-refractivity contribution >= 4 is 29.3 Å². The highest BCUT2D eigenvalue weighted by atomic mass is 35.5. The molecule has 21 heavy (non-hydrogen) atoms. The molecule has 1 saturated heterocycles. The van der Waals surface area contributed by atoms with Crippen LogP contribution in [0.2, 0.25) is 5.02 Å². The van der Waals surface area contributed by atoms with Gasteiger partial charge in [0, 0.05) is 41.2 Å². The number of hydrogen-bond donors (Lipinski definition) is 2. The Morgan fingerprint density at radius 1 is 1.33 bits per heavy atom. The molecule has 0 amide bonds. The fraction of sp³-hybridized carbons (Fsp3) is 0.533. The summed E-state index contributed by atoms with van der Waals surface area (Å²) in [4.78, 5) is 5.46. The first kappa shape index (κ1) is 16.5. The molecule has 2 rings (SSSR count). The van der Waals surface area contributed by atoms with E-state index >= 15 is 0 Å². The predicted octanol–water partition coefficient (Wildman–Crippen LogP) is 2.63. The number of aliphatic imine (C=N–C) groups is 1. The zero-order valence-electron chi connectivity index (χ0n) is 12.5. The Morgan fingerprint density at radius 2 is 2.05 bits per heavy atom. The second-order valence-electron chi connectivity index (χ2n) is 5.46. The second-order valence-corrected chi connectivity index (χ2v) is 7.06. The van der Waals surface area contributed by atoms with Gasteiger partial charge in [-0.05, 0) is 24.3 Å². The molecule has 6 heteroatoms. The fourth-order valence-corrected chi connectivity index (χ4v) is 2.83. The van der Waals surface area contributed by atoms with Crippen LogP contribution in [-0.2, 0) is 4.74 Å². The van der Waals surface area contributed by atoms with Crippen LogP contribution in [0.3, 0.4) is 0 Å². The van der Waals surface area contributed by atoms with E-state index in [1.54, 1.807) is 18.8 Å². The van der Waals surface area contributed by atoms with E-state index in [1.165, 1.54) is 4.90 Å². The lowest BCUT2D eigenvalue weighted by Crippen LogP contribution is -2.51. The van der Waals surface area contributed by atoms with Crippen molar-refractivity contribution in [3.8, 4) is 0 Å². The van der Waals surface area contributed by atoms with Crippen molar-refractivity contribution in [1.29, 1.82) is 0 Å². The summed E-state index contributed by atoms with van der Waals surface area (Å²) in [5.41, 5.74) is 0.246. The highest BCUT2D eigenvalue weighted by Gasteiger charge is 2.33. The van der Waals surface area contributed by atoms with Crippen molar-refractivity contribution in [2.75, 3.05) is 39.1 Å². The first-order valence-electron chi connectivity index (χ1n) is 7.02. The van der Waals surface area contributed by atoms with E-state index in [1.807, 2.05) is 24.3 Å². The van der Waals surface area contributed by atoms with Crippen molar-refractivity contribution in [2.45, 2.75) is 11.8 Å². The minimum absolute atomic E-state index is 0.246. The van der Waals surface area contributed by atoms with E-state index in [9.17, 15) is 0 Å². The minimum atomic E-state index is 0.246. The third-order valence-electron chi connectivity index (χ3n) is 3.28. The van der Waals surface area contributed by atoms with E-state index < -0.39 is 0 Å². The van der Waals surface area contributed by atoms with Gasteiger partial charge in [0.2, 0.25) is 0 Å². The number of nitrogens with one attached hydrogen (secondary N) is 2. The van der Waals surface area contributed by atoms with Crippen LogP contribution in [0.5, 0.6) is 0 Å². The molecular weight excluding hydrogens is 306 g/mol. The van der Waals surface area contributed by atoms with Gasteiger partial charge in [0.05, 0.1) is 13.2 Å². The molecule has 1 aliphatic rings. The number of rotatable bonds is 6. The number of nitrogens with zero attached hydrogens (tertiary/aromatic N) is 1. The van der Waals surface area contributed by atoms with Gasteiger partial charge in [-0.15, -0.1) is 11.8 Å². The zero-order chi connectivity index (χ0) is 15.1. The first-order chi connectivity index (χ1) is 10.1. The monoisotopic (exact) mass is 327 g/mol. The predicted molar refractivity (Wildman–Crippen MR) is 90.5 cm³/mol. The first-order valence-corrected chi connectivity index (χ1v) is 8.38. The van der Waals surface area contributed by atoms with Crippen LogP contribution >= 0.6 is 23.4 Å². The molecule has 0 spiro atoms. The summed E-state index contributed by atoms with van der Waals surface area (Å²) >= 11 is 7.66. The third-order valence-corrected chi connectivity index (χ3v) is 4.55. The maximum Gasteiger partial charge on any atom is 0.191 e. The number of guanidine groups is 1. The van der Waals surface area contributed by atoms with Crippen molar-refractivity contribution in [3.05, 3.63) is 29.3 Å². The molecule has 1 aromatic rings. The van der Waals surface area contributed by atoms with E-state index in [0.717, 1.165) is 43.0 Å². The van der Waals surface area contributed by atoms with Crippen LogP contribution in [0.15, 0.2) is 34.2 Å². The van der Waals surface area contributed by atoms with Crippen LogP contribution < -0.4 is 10.6 Å². The molecule has 0 aromatic heterocycles. The maximum atomic E-state index is 5.87. The molecule has 0 radical (unpaired) electrons. The fourth-order valence-electron chi connectivity index (χ4n) is 1.94. The quantitative estimate of drug-likeness (QED) is 0.365. The van der Waals surface area contributed by atoms with Crippen molar-refractivity contribution in [2.24, 2.45) is 10.4 Å². The van der Waals surface area contributed by atoms with E-state index in [4.69, 9.17) is 16.3 Å². The molecule has 1 aliphatic heterocycles. The number of ether oxygens (including phenoxy) is 1. The Balaban J connectivity index is 1.63. The average molecular weight is 328 g/mol. The lowest BCUT2D eigenvalue weighted by Gasteiger charge is -2.38. The van der Waals surface area contributed by atoms with Crippen LogP contribution in [0.25, 0.3) is 0 Å². The molecular formula is C15H22ClN3OS. The molecule has 1 fully saturated rings. The van der Waals surface area contributed by atoms with Crippen LogP contribution in [0.4, 0.5) is 0 Å². The number of thioether (sulfide) groups is 1. The van der Waals surface area contributed by atoms with Gasteiger partial charge in [-0.1, -0.05) is 18.5 Å². The molecule has 1 heterocycles. The van der Waals surface area contributed by atoms with Gasteiger partial charge < -0.3 is 15.4 Å². The average Bonchev–Trinajstić information content (AvgIpc) is 2.46. The number of halogens is 1. The van der Waals surface area contributed by atoms with Crippen LogP contribution in [0, 0.1) is 5.41 Å². The van der Waals surface area contributed by atoms with Crippen molar-refractivity contribution in [1.82, 2.24) is 10.6 Å². The van der Waals surface area contributed by atoms with Gasteiger partial charge in [0.25, 0.3) is 0 Å². The largest absolute Gasteiger partial charge is 0.380 e. The van der Waals surface area contributed by atoms with Gasteiger partial charge in [-0.3, -0.25) is 4.99 Å². The summed E-state index contributed by atoms with van der Waals surface area (Å²) < 4.78 is 5.25. The molecule has 2 N–H and O–H groups in total. The van der Waals surface area contributed by atoms with E-state index in [0.29, 0.717) is 0 Å². The normalized spacial score (nSPS) is 17.2. The SMILES string of the molecule is CN=C(NCCSc1ccc(Cl)cc1)NCC1(C)COC1. The van der Waals surface area contributed by atoms with Gasteiger partial charge in [0.1, 0.15) is 0 Å².